The van der Waals surface area contributed by atoms with Gasteiger partial charge in [0.05, 0.1) is 11.7 Å². The molecule has 0 spiro atoms. The van der Waals surface area contributed by atoms with Crippen LogP contribution in [0.2, 0.25) is 0 Å². The van der Waals surface area contributed by atoms with Gasteiger partial charge in [0.2, 0.25) is 5.91 Å². The third-order valence-corrected chi connectivity index (χ3v) is 4.26. The zero-order chi connectivity index (χ0) is 21.6. The number of nitrogens with zero attached hydrogens (tertiary/aromatic N) is 3. The highest BCUT2D eigenvalue weighted by atomic mass is 16.5. The summed E-state index contributed by atoms with van der Waals surface area (Å²) >= 11 is 0. The van der Waals surface area contributed by atoms with Crippen LogP contribution in [0.5, 0.6) is 11.5 Å². The SMILES string of the molecule is C=CC(=O)Nc1ccc2nccc(Oc3ccc(C(=O)Nc4ccccn4)nc3)c2c1. The van der Waals surface area contributed by atoms with Crippen LogP contribution < -0.4 is 15.4 Å². The topological polar surface area (TPSA) is 106 Å². The smallest absolute Gasteiger partial charge is 0.275 e. The maximum Gasteiger partial charge on any atom is 0.275 e. The number of anilines is 2. The van der Waals surface area contributed by atoms with E-state index in [2.05, 4.69) is 32.2 Å². The van der Waals surface area contributed by atoms with Crippen molar-refractivity contribution in [3.05, 3.63) is 91.5 Å². The van der Waals surface area contributed by atoms with Gasteiger partial charge in [0.1, 0.15) is 23.0 Å². The highest BCUT2D eigenvalue weighted by Crippen LogP contribution is 2.30. The Labute approximate surface area is 177 Å². The van der Waals surface area contributed by atoms with Gasteiger partial charge in [0, 0.05) is 23.5 Å². The minimum atomic E-state index is -0.373. The van der Waals surface area contributed by atoms with Gasteiger partial charge in [-0.25, -0.2) is 9.97 Å². The molecule has 2 N–H and O–H groups in total. The van der Waals surface area contributed by atoms with E-state index in [-0.39, 0.29) is 17.5 Å². The normalized spacial score (nSPS) is 10.3. The van der Waals surface area contributed by atoms with Crippen LogP contribution in [0.15, 0.2) is 85.8 Å². The first-order chi connectivity index (χ1) is 15.1. The molecule has 0 saturated heterocycles. The van der Waals surface area contributed by atoms with Crippen LogP contribution in [-0.4, -0.2) is 26.8 Å². The number of aromatic nitrogens is 3. The minimum absolute atomic E-state index is 0.229. The van der Waals surface area contributed by atoms with Gasteiger partial charge in [-0.1, -0.05) is 12.6 Å². The Kier molecular flexibility index (Phi) is 5.62. The van der Waals surface area contributed by atoms with Crippen molar-refractivity contribution in [3.63, 3.8) is 0 Å². The van der Waals surface area contributed by atoms with Gasteiger partial charge < -0.3 is 15.4 Å². The van der Waals surface area contributed by atoms with E-state index in [9.17, 15) is 9.59 Å². The lowest BCUT2D eigenvalue weighted by atomic mass is 10.2. The molecule has 3 aromatic heterocycles. The third kappa shape index (κ3) is 4.70. The van der Waals surface area contributed by atoms with Crippen LogP contribution >= 0.6 is 0 Å². The summed E-state index contributed by atoms with van der Waals surface area (Å²) < 4.78 is 5.95. The van der Waals surface area contributed by atoms with Crippen molar-refractivity contribution < 1.29 is 14.3 Å². The van der Waals surface area contributed by atoms with Crippen molar-refractivity contribution in [1.82, 2.24) is 15.0 Å². The predicted octanol–water partition coefficient (Wildman–Crippen LogP) is 4.19. The lowest BCUT2D eigenvalue weighted by molar-refractivity contribution is -0.111. The summed E-state index contributed by atoms with van der Waals surface area (Å²) in [6.07, 6.45) is 5.88. The standard InChI is InChI=1S/C23H17N5O3/c1-2-22(29)27-15-6-8-18-17(13-15)20(10-12-24-18)31-16-7-9-19(26-14-16)23(30)28-21-5-3-4-11-25-21/h2-14H,1H2,(H,27,29)(H,25,28,30). The van der Waals surface area contributed by atoms with Crippen molar-refractivity contribution in [3.8, 4) is 11.5 Å². The number of hydrogen-bond donors (Lipinski definition) is 2. The Morgan fingerprint density at radius 2 is 1.84 bits per heavy atom. The van der Waals surface area contributed by atoms with Crippen molar-refractivity contribution in [2.24, 2.45) is 0 Å². The second-order valence-corrected chi connectivity index (χ2v) is 6.38. The molecular formula is C23H17N5O3. The quantitative estimate of drug-likeness (QED) is 0.461. The molecule has 0 unspecified atom stereocenters. The second kappa shape index (κ2) is 8.83. The minimum Gasteiger partial charge on any atom is -0.455 e. The molecule has 0 radical (unpaired) electrons. The molecule has 0 bridgehead atoms. The summed E-state index contributed by atoms with van der Waals surface area (Å²) in [5.41, 5.74) is 1.52. The zero-order valence-corrected chi connectivity index (χ0v) is 16.3. The number of carbonyl (C=O) groups excluding carboxylic acids is 2. The zero-order valence-electron chi connectivity index (χ0n) is 16.3. The van der Waals surface area contributed by atoms with Crippen LogP contribution in [0, 0.1) is 0 Å². The van der Waals surface area contributed by atoms with Crippen LogP contribution in [-0.2, 0) is 4.79 Å². The van der Waals surface area contributed by atoms with E-state index in [1.165, 1.54) is 12.3 Å². The number of rotatable bonds is 6. The number of benzene rings is 1. The van der Waals surface area contributed by atoms with E-state index in [1.54, 1.807) is 67.0 Å². The van der Waals surface area contributed by atoms with Crippen LogP contribution in [0.1, 0.15) is 10.5 Å². The second-order valence-electron chi connectivity index (χ2n) is 6.38. The number of carbonyl (C=O) groups is 2. The number of amides is 2. The molecule has 152 valence electrons. The third-order valence-electron chi connectivity index (χ3n) is 4.26. The lowest BCUT2D eigenvalue weighted by Gasteiger charge is -2.10. The van der Waals surface area contributed by atoms with Crippen molar-refractivity contribution in [2.75, 3.05) is 10.6 Å². The van der Waals surface area contributed by atoms with Gasteiger partial charge in [-0.3, -0.25) is 14.6 Å². The molecule has 8 nitrogen and oxygen atoms in total. The molecule has 4 aromatic rings. The van der Waals surface area contributed by atoms with Gasteiger partial charge >= 0.3 is 0 Å². The van der Waals surface area contributed by atoms with E-state index in [4.69, 9.17) is 4.74 Å². The first-order valence-corrected chi connectivity index (χ1v) is 9.31. The maximum atomic E-state index is 12.3. The fraction of sp³-hybridized carbons (Fsp3) is 0. The Bertz CT molecular complexity index is 1260. The molecule has 2 amide bonds. The molecule has 4 rings (SSSR count). The molecule has 0 fully saturated rings. The predicted molar refractivity (Wildman–Crippen MR) is 117 cm³/mol. The summed E-state index contributed by atoms with van der Waals surface area (Å²) in [7, 11) is 0. The first-order valence-electron chi connectivity index (χ1n) is 9.31. The molecule has 8 heteroatoms. The van der Waals surface area contributed by atoms with Gasteiger partial charge in [-0.2, -0.15) is 0 Å². The summed E-state index contributed by atoms with van der Waals surface area (Å²) in [6, 6.07) is 15.4. The van der Waals surface area contributed by atoms with Gasteiger partial charge in [-0.15, -0.1) is 0 Å². The maximum absolute atomic E-state index is 12.3. The largest absolute Gasteiger partial charge is 0.455 e. The Hall–Kier alpha value is -4.59. The van der Waals surface area contributed by atoms with Crippen molar-refractivity contribution >= 4 is 34.2 Å². The van der Waals surface area contributed by atoms with E-state index in [0.717, 1.165) is 0 Å². The number of pyridine rings is 3. The first kappa shape index (κ1) is 19.7. The molecular weight excluding hydrogens is 394 g/mol. The highest BCUT2D eigenvalue weighted by molar-refractivity contribution is 6.02. The molecule has 0 saturated carbocycles. The number of fused-ring (bicyclic) bond motifs is 1. The summed E-state index contributed by atoms with van der Waals surface area (Å²) in [6.45, 7) is 3.45. The van der Waals surface area contributed by atoms with E-state index >= 15 is 0 Å². The molecule has 0 atom stereocenters. The lowest BCUT2D eigenvalue weighted by Crippen LogP contribution is -2.14. The Morgan fingerprint density at radius 3 is 2.58 bits per heavy atom. The number of hydrogen-bond acceptors (Lipinski definition) is 6. The molecule has 0 aliphatic rings. The highest BCUT2D eigenvalue weighted by Gasteiger charge is 2.10. The average molecular weight is 411 g/mol. The van der Waals surface area contributed by atoms with E-state index in [0.29, 0.717) is 33.9 Å². The average Bonchev–Trinajstić information content (AvgIpc) is 2.80. The summed E-state index contributed by atoms with van der Waals surface area (Å²) in [4.78, 5) is 36.4. The molecule has 0 aliphatic heterocycles. The number of nitrogens with one attached hydrogen (secondary N) is 2. The number of ether oxygens (including phenoxy) is 1. The van der Waals surface area contributed by atoms with Crippen LogP contribution in [0.4, 0.5) is 11.5 Å². The fourth-order valence-electron chi connectivity index (χ4n) is 2.80. The van der Waals surface area contributed by atoms with Crippen LogP contribution in [0.25, 0.3) is 10.9 Å². The van der Waals surface area contributed by atoms with E-state index < -0.39 is 0 Å². The Balaban J connectivity index is 1.53. The molecule has 1 aromatic carbocycles. The Morgan fingerprint density at radius 1 is 0.935 bits per heavy atom. The molecule has 0 aliphatic carbocycles. The van der Waals surface area contributed by atoms with Gasteiger partial charge in [0.25, 0.3) is 5.91 Å². The fourth-order valence-corrected chi connectivity index (χ4v) is 2.80. The summed E-state index contributed by atoms with van der Waals surface area (Å²) in [5, 5.41) is 6.10. The van der Waals surface area contributed by atoms with Gasteiger partial charge in [-0.05, 0) is 54.6 Å². The van der Waals surface area contributed by atoms with Crippen molar-refractivity contribution in [1.29, 1.82) is 0 Å². The van der Waals surface area contributed by atoms with Crippen molar-refractivity contribution in [2.45, 2.75) is 0 Å². The molecule has 31 heavy (non-hydrogen) atoms. The van der Waals surface area contributed by atoms with Crippen LogP contribution in [0.3, 0.4) is 0 Å². The molecule has 3 heterocycles. The van der Waals surface area contributed by atoms with E-state index in [1.807, 2.05) is 0 Å². The van der Waals surface area contributed by atoms with Gasteiger partial charge in [0.15, 0.2) is 0 Å². The summed E-state index contributed by atoms with van der Waals surface area (Å²) in [5.74, 6) is 0.739. The monoisotopic (exact) mass is 411 g/mol.